The molecular formula is C50H98N2O5. The largest absolute Gasteiger partial charge is 0.468 e. The highest BCUT2D eigenvalue weighted by Crippen LogP contribution is 2.23. The molecule has 0 fully saturated rings. The quantitative estimate of drug-likeness (QED) is 0.0346. The normalized spacial score (nSPS) is 12.5. The van der Waals surface area contributed by atoms with Crippen LogP contribution in [0.15, 0.2) is 0 Å². The van der Waals surface area contributed by atoms with Crippen molar-refractivity contribution in [3.05, 3.63) is 0 Å². The molecule has 7 nitrogen and oxygen atoms in total. The first-order valence-corrected chi connectivity index (χ1v) is 25.1. The van der Waals surface area contributed by atoms with E-state index >= 15 is 0 Å². The molecule has 0 aromatic heterocycles. The predicted octanol–water partition coefficient (Wildman–Crippen LogP) is 14.2. The first-order valence-electron chi connectivity index (χ1n) is 25.1. The van der Waals surface area contributed by atoms with Crippen LogP contribution < -0.4 is 0 Å². The van der Waals surface area contributed by atoms with Crippen LogP contribution in [0.25, 0.3) is 0 Å². The fraction of sp³-hybridized carbons (Fsp3) is 0.940. The number of hydrogen-bond acceptors (Lipinski definition) is 6. The minimum atomic E-state index is 0.0637. The standard InChI is InChI=1S/C50H98N2O5/c1-6-9-12-15-23-30-38-47(37-29-14-11-8-3)50(55)57-45-35-28-22-18-20-25-32-40-48(39-31-24-19-17-21-27-34-44-56-46-53)52(43-36-42-51(4)5)49(54)41-33-26-16-13-10-7-2/h46-48H,6-45H2,1-5H3. The lowest BCUT2D eigenvalue weighted by molar-refractivity contribution is -0.149. The average molecular weight is 807 g/mol. The summed E-state index contributed by atoms with van der Waals surface area (Å²) in [7, 11) is 4.26. The van der Waals surface area contributed by atoms with E-state index in [1.165, 1.54) is 148 Å². The molecule has 0 N–H and O–H groups in total. The summed E-state index contributed by atoms with van der Waals surface area (Å²) in [5, 5.41) is 0. The van der Waals surface area contributed by atoms with Crippen LogP contribution in [-0.4, -0.2) is 74.6 Å². The van der Waals surface area contributed by atoms with Gasteiger partial charge in [-0.1, -0.05) is 194 Å². The average Bonchev–Trinajstić information content (AvgIpc) is 3.20. The SMILES string of the molecule is CCCCCCCCC(=O)N(CCCN(C)C)C(CCCCCCCCCOC=O)CCCCCCCCCOC(=O)C(CCCCCC)CCCCCCCC. The lowest BCUT2D eigenvalue weighted by atomic mass is 9.94. The van der Waals surface area contributed by atoms with Gasteiger partial charge in [-0.15, -0.1) is 0 Å². The molecule has 57 heavy (non-hydrogen) atoms. The molecule has 0 aromatic carbocycles. The molecule has 0 bridgehead atoms. The molecule has 0 heterocycles. The Labute approximate surface area is 355 Å². The van der Waals surface area contributed by atoms with Crippen LogP contribution in [0.5, 0.6) is 0 Å². The minimum Gasteiger partial charge on any atom is -0.468 e. The van der Waals surface area contributed by atoms with Gasteiger partial charge in [0, 0.05) is 19.0 Å². The number of carbonyl (C=O) groups is 3. The molecule has 1 amide bonds. The molecule has 2 atom stereocenters. The van der Waals surface area contributed by atoms with Gasteiger partial charge in [-0.2, -0.15) is 0 Å². The van der Waals surface area contributed by atoms with Crippen LogP contribution in [0.2, 0.25) is 0 Å². The number of rotatable bonds is 46. The monoisotopic (exact) mass is 807 g/mol. The van der Waals surface area contributed by atoms with Gasteiger partial charge in [-0.25, -0.2) is 0 Å². The van der Waals surface area contributed by atoms with Gasteiger partial charge in [0.15, 0.2) is 0 Å². The summed E-state index contributed by atoms with van der Waals surface area (Å²) in [6.45, 7) is 10.3. The number of nitrogens with zero attached hydrogens (tertiary/aromatic N) is 2. The molecule has 0 radical (unpaired) electrons. The van der Waals surface area contributed by atoms with Gasteiger partial charge in [0.25, 0.3) is 6.47 Å². The number of esters is 1. The zero-order valence-electron chi connectivity index (χ0n) is 39.0. The Hall–Kier alpha value is -1.63. The summed E-state index contributed by atoms with van der Waals surface area (Å²) in [5.74, 6) is 0.546. The fourth-order valence-corrected chi connectivity index (χ4v) is 8.25. The minimum absolute atomic E-state index is 0.0637. The van der Waals surface area contributed by atoms with Gasteiger partial charge < -0.3 is 19.3 Å². The van der Waals surface area contributed by atoms with E-state index in [0.717, 1.165) is 90.1 Å². The van der Waals surface area contributed by atoms with E-state index in [0.29, 0.717) is 38.1 Å². The van der Waals surface area contributed by atoms with Crippen LogP contribution >= 0.6 is 0 Å². The maximum atomic E-state index is 13.8. The van der Waals surface area contributed by atoms with Crippen molar-refractivity contribution in [2.45, 2.75) is 258 Å². The second kappa shape index (κ2) is 43.9. The van der Waals surface area contributed by atoms with Crippen molar-refractivity contribution in [2.24, 2.45) is 5.92 Å². The summed E-state index contributed by atoms with van der Waals surface area (Å²) < 4.78 is 10.7. The molecule has 0 aliphatic heterocycles. The van der Waals surface area contributed by atoms with Crippen molar-refractivity contribution in [2.75, 3.05) is 40.4 Å². The summed E-state index contributed by atoms with van der Waals surface area (Å²) >= 11 is 0. The van der Waals surface area contributed by atoms with Crippen LogP contribution in [0.1, 0.15) is 252 Å². The second-order valence-electron chi connectivity index (χ2n) is 17.7. The van der Waals surface area contributed by atoms with E-state index in [1.54, 1.807) is 0 Å². The smallest absolute Gasteiger partial charge is 0.308 e. The van der Waals surface area contributed by atoms with Crippen molar-refractivity contribution >= 4 is 18.3 Å². The molecule has 0 aliphatic rings. The van der Waals surface area contributed by atoms with E-state index in [4.69, 9.17) is 9.47 Å². The Kier molecular flexibility index (Phi) is 42.7. The lowest BCUT2D eigenvalue weighted by Crippen LogP contribution is -2.41. The van der Waals surface area contributed by atoms with Crippen LogP contribution in [0, 0.1) is 5.92 Å². The van der Waals surface area contributed by atoms with Gasteiger partial charge in [-0.3, -0.25) is 14.4 Å². The fourth-order valence-electron chi connectivity index (χ4n) is 8.25. The first kappa shape index (κ1) is 55.4. The number of unbranched alkanes of at least 4 members (excludes halogenated alkanes) is 25. The van der Waals surface area contributed by atoms with Crippen molar-refractivity contribution < 1.29 is 23.9 Å². The van der Waals surface area contributed by atoms with E-state index in [9.17, 15) is 14.4 Å². The molecule has 0 aromatic rings. The highest BCUT2D eigenvalue weighted by Gasteiger charge is 2.23. The molecular weight excluding hydrogens is 709 g/mol. The Morgan fingerprint density at radius 2 is 0.877 bits per heavy atom. The number of ether oxygens (including phenoxy) is 2. The Morgan fingerprint density at radius 1 is 0.474 bits per heavy atom. The molecule has 2 unspecified atom stereocenters. The number of amides is 1. The van der Waals surface area contributed by atoms with E-state index in [1.807, 2.05) is 0 Å². The third-order valence-corrected chi connectivity index (χ3v) is 11.9. The first-order chi connectivity index (χ1) is 27.9. The number of carbonyl (C=O) groups excluding carboxylic acids is 3. The zero-order valence-corrected chi connectivity index (χ0v) is 39.0. The van der Waals surface area contributed by atoms with Crippen LogP contribution in [0.3, 0.4) is 0 Å². The molecule has 0 rings (SSSR count). The van der Waals surface area contributed by atoms with Crippen LogP contribution in [0.4, 0.5) is 0 Å². The highest BCUT2D eigenvalue weighted by molar-refractivity contribution is 5.76. The molecule has 0 spiro atoms. The lowest BCUT2D eigenvalue weighted by Gasteiger charge is -2.33. The highest BCUT2D eigenvalue weighted by atomic mass is 16.5. The van der Waals surface area contributed by atoms with Gasteiger partial charge in [-0.05, 0) is 72.0 Å². The summed E-state index contributed by atoms with van der Waals surface area (Å²) in [6, 6.07) is 0.353. The van der Waals surface area contributed by atoms with E-state index in [2.05, 4.69) is 44.7 Å². The van der Waals surface area contributed by atoms with Crippen molar-refractivity contribution in [3.8, 4) is 0 Å². The molecule has 0 saturated carbocycles. The van der Waals surface area contributed by atoms with Crippen molar-refractivity contribution in [1.82, 2.24) is 9.80 Å². The molecule has 338 valence electrons. The maximum Gasteiger partial charge on any atom is 0.308 e. The van der Waals surface area contributed by atoms with Gasteiger partial charge in [0.2, 0.25) is 5.91 Å². The van der Waals surface area contributed by atoms with E-state index in [-0.39, 0.29) is 11.9 Å². The third kappa shape index (κ3) is 37.1. The summed E-state index contributed by atoms with van der Waals surface area (Å²) in [5.41, 5.74) is 0. The van der Waals surface area contributed by atoms with Crippen molar-refractivity contribution in [1.29, 1.82) is 0 Å². The predicted molar refractivity (Wildman–Crippen MR) is 244 cm³/mol. The van der Waals surface area contributed by atoms with Gasteiger partial charge in [0.05, 0.1) is 19.1 Å². The molecule has 7 heteroatoms. The molecule has 0 aliphatic carbocycles. The summed E-state index contributed by atoms with van der Waals surface area (Å²) in [4.78, 5) is 41.7. The van der Waals surface area contributed by atoms with Gasteiger partial charge in [0.1, 0.15) is 0 Å². The number of hydrogen-bond donors (Lipinski definition) is 0. The Balaban J connectivity index is 4.82. The second-order valence-corrected chi connectivity index (χ2v) is 17.7. The Morgan fingerprint density at radius 3 is 1.35 bits per heavy atom. The zero-order chi connectivity index (χ0) is 41.9. The maximum absolute atomic E-state index is 13.8. The third-order valence-electron chi connectivity index (χ3n) is 11.9. The summed E-state index contributed by atoms with van der Waals surface area (Å²) in [6.07, 6.45) is 42.1. The topological polar surface area (TPSA) is 76.2 Å². The van der Waals surface area contributed by atoms with Crippen LogP contribution in [-0.2, 0) is 23.9 Å². The van der Waals surface area contributed by atoms with E-state index < -0.39 is 0 Å². The van der Waals surface area contributed by atoms with Crippen molar-refractivity contribution in [3.63, 3.8) is 0 Å². The Bertz CT molecular complexity index is 868. The molecule has 0 saturated heterocycles. The van der Waals surface area contributed by atoms with Gasteiger partial charge >= 0.3 is 5.97 Å².